The Balaban J connectivity index is 1.67. The van der Waals surface area contributed by atoms with Crippen molar-refractivity contribution >= 4 is 5.91 Å². The molecule has 6 nitrogen and oxygen atoms in total. The van der Waals surface area contributed by atoms with Gasteiger partial charge in [0.05, 0.1) is 6.33 Å². The van der Waals surface area contributed by atoms with Gasteiger partial charge in [-0.1, -0.05) is 0 Å². The number of hydrogen-bond acceptors (Lipinski definition) is 3. The molecular weight excluding hydrogens is 266 g/mol. The van der Waals surface area contributed by atoms with Crippen molar-refractivity contribution in [3.05, 3.63) is 36.4 Å². The smallest absolute Gasteiger partial charge is 0.289 e. The van der Waals surface area contributed by atoms with Gasteiger partial charge in [-0.2, -0.15) is 0 Å². The first kappa shape index (κ1) is 13.9. The van der Waals surface area contributed by atoms with E-state index in [1.165, 1.54) is 6.42 Å². The minimum atomic E-state index is 0.0263. The van der Waals surface area contributed by atoms with Gasteiger partial charge in [-0.3, -0.25) is 4.79 Å². The van der Waals surface area contributed by atoms with E-state index in [0.29, 0.717) is 11.9 Å². The number of aromatic amines is 1. The normalized spacial score (nSPS) is 18.9. The third-order valence-electron chi connectivity index (χ3n) is 4.07. The summed E-state index contributed by atoms with van der Waals surface area (Å²) in [6.07, 6.45) is 11.6. The summed E-state index contributed by atoms with van der Waals surface area (Å²) in [5.74, 6) is 0.487. The van der Waals surface area contributed by atoms with Crippen molar-refractivity contribution in [2.75, 3.05) is 6.54 Å². The highest BCUT2D eigenvalue weighted by molar-refractivity contribution is 5.90. The summed E-state index contributed by atoms with van der Waals surface area (Å²) >= 11 is 0. The van der Waals surface area contributed by atoms with Gasteiger partial charge in [0.25, 0.3) is 5.91 Å². The quantitative estimate of drug-likeness (QED) is 0.935. The second-order valence-corrected chi connectivity index (χ2v) is 5.65. The van der Waals surface area contributed by atoms with Gasteiger partial charge in [0, 0.05) is 43.4 Å². The zero-order chi connectivity index (χ0) is 14.7. The van der Waals surface area contributed by atoms with Crippen LogP contribution in [0.15, 0.2) is 24.9 Å². The van der Waals surface area contributed by atoms with Crippen molar-refractivity contribution in [3.8, 4) is 0 Å². The summed E-state index contributed by atoms with van der Waals surface area (Å²) < 4.78 is 2.06. The minimum absolute atomic E-state index is 0.0263. The van der Waals surface area contributed by atoms with E-state index in [0.717, 1.165) is 38.0 Å². The van der Waals surface area contributed by atoms with E-state index in [4.69, 9.17) is 0 Å². The number of likely N-dealkylation sites (tertiary alicyclic amines) is 1. The van der Waals surface area contributed by atoms with Crippen molar-refractivity contribution in [2.24, 2.45) is 0 Å². The molecule has 1 N–H and O–H groups in total. The zero-order valence-corrected chi connectivity index (χ0v) is 12.3. The van der Waals surface area contributed by atoms with Gasteiger partial charge < -0.3 is 14.5 Å². The molecule has 3 rings (SSSR count). The zero-order valence-electron chi connectivity index (χ0n) is 12.3. The van der Waals surface area contributed by atoms with E-state index < -0.39 is 0 Å². The standard InChI is InChI=1S/C15H21N5O/c1-12-10-17-14(18-12)15(21)20-7-3-2-4-13(20)5-8-19-9-6-16-11-19/h6,9-11,13H,2-5,7-8H2,1H3,(H,17,18). The van der Waals surface area contributed by atoms with Crippen molar-refractivity contribution < 1.29 is 4.79 Å². The van der Waals surface area contributed by atoms with Gasteiger partial charge in [0.1, 0.15) is 0 Å². The van der Waals surface area contributed by atoms with E-state index >= 15 is 0 Å². The SMILES string of the molecule is Cc1cnc(C(=O)N2CCCCC2CCn2ccnc2)[nH]1. The van der Waals surface area contributed by atoms with Crippen LogP contribution in [0.5, 0.6) is 0 Å². The Bertz CT molecular complexity index is 589. The Kier molecular flexibility index (Phi) is 4.03. The van der Waals surface area contributed by atoms with E-state index in [1.807, 2.05) is 24.3 Å². The fourth-order valence-corrected chi connectivity index (χ4v) is 2.94. The number of H-pyrrole nitrogens is 1. The number of carbonyl (C=O) groups is 1. The largest absolute Gasteiger partial charge is 0.338 e. The van der Waals surface area contributed by atoms with Crippen LogP contribution in [0.1, 0.15) is 42.0 Å². The third-order valence-corrected chi connectivity index (χ3v) is 4.07. The molecule has 0 spiro atoms. The minimum Gasteiger partial charge on any atom is -0.338 e. The molecule has 1 unspecified atom stereocenters. The number of rotatable bonds is 4. The summed E-state index contributed by atoms with van der Waals surface area (Å²) in [6, 6.07) is 0.291. The van der Waals surface area contributed by atoms with Gasteiger partial charge in [0.2, 0.25) is 0 Å². The number of nitrogens with zero attached hydrogens (tertiary/aromatic N) is 4. The maximum Gasteiger partial charge on any atom is 0.289 e. The molecule has 0 bridgehead atoms. The van der Waals surface area contributed by atoms with Gasteiger partial charge in [-0.25, -0.2) is 9.97 Å². The number of aromatic nitrogens is 4. The molecule has 1 aliphatic rings. The number of nitrogens with one attached hydrogen (secondary N) is 1. The third kappa shape index (κ3) is 3.15. The highest BCUT2D eigenvalue weighted by atomic mass is 16.2. The van der Waals surface area contributed by atoms with Crippen LogP contribution in [0.25, 0.3) is 0 Å². The Labute approximate surface area is 124 Å². The topological polar surface area (TPSA) is 66.8 Å². The van der Waals surface area contributed by atoms with Crippen LogP contribution in [0.2, 0.25) is 0 Å². The molecule has 0 saturated carbocycles. The predicted octanol–water partition coefficient (Wildman–Crippen LogP) is 2.00. The lowest BCUT2D eigenvalue weighted by molar-refractivity contribution is 0.0584. The molecule has 3 heterocycles. The number of aryl methyl sites for hydroxylation is 2. The number of piperidine rings is 1. The van der Waals surface area contributed by atoms with Crippen molar-refractivity contribution in [3.63, 3.8) is 0 Å². The van der Waals surface area contributed by atoms with Crippen molar-refractivity contribution in [1.82, 2.24) is 24.4 Å². The molecular formula is C15H21N5O. The monoisotopic (exact) mass is 287 g/mol. The maximum absolute atomic E-state index is 12.6. The van der Waals surface area contributed by atoms with Crippen molar-refractivity contribution in [1.29, 1.82) is 0 Å². The van der Waals surface area contributed by atoms with Crippen LogP contribution < -0.4 is 0 Å². The molecule has 1 aliphatic heterocycles. The van der Waals surface area contributed by atoms with Gasteiger partial charge in [-0.15, -0.1) is 0 Å². The van der Waals surface area contributed by atoms with E-state index in [2.05, 4.69) is 19.5 Å². The molecule has 1 amide bonds. The molecule has 0 aliphatic carbocycles. The molecule has 0 aromatic carbocycles. The summed E-state index contributed by atoms with van der Waals surface area (Å²) in [5.41, 5.74) is 0.922. The summed E-state index contributed by atoms with van der Waals surface area (Å²) in [4.78, 5) is 25.9. The molecule has 1 fully saturated rings. The molecule has 21 heavy (non-hydrogen) atoms. The highest BCUT2D eigenvalue weighted by Crippen LogP contribution is 2.22. The van der Waals surface area contributed by atoms with Gasteiger partial charge >= 0.3 is 0 Å². The van der Waals surface area contributed by atoms with E-state index in [9.17, 15) is 4.79 Å². The summed E-state index contributed by atoms with van der Waals surface area (Å²) in [7, 11) is 0. The lowest BCUT2D eigenvalue weighted by Crippen LogP contribution is -2.44. The molecule has 1 saturated heterocycles. The van der Waals surface area contributed by atoms with Crippen LogP contribution in [-0.4, -0.2) is 42.9 Å². The molecule has 6 heteroatoms. The van der Waals surface area contributed by atoms with Crippen LogP contribution in [0, 0.1) is 6.92 Å². The van der Waals surface area contributed by atoms with E-state index in [-0.39, 0.29) is 5.91 Å². The molecule has 2 aromatic rings. The fourth-order valence-electron chi connectivity index (χ4n) is 2.94. The summed E-state index contributed by atoms with van der Waals surface area (Å²) in [5, 5.41) is 0. The Hall–Kier alpha value is -2.11. The number of carbonyl (C=O) groups excluding carboxylic acids is 1. The Morgan fingerprint density at radius 3 is 3.10 bits per heavy atom. The lowest BCUT2D eigenvalue weighted by Gasteiger charge is -2.35. The second-order valence-electron chi connectivity index (χ2n) is 5.65. The van der Waals surface area contributed by atoms with Crippen molar-refractivity contribution in [2.45, 2.75) is 45.2 Å². The average molecular weight is 287 g/mol. The second kappa shape index (κ2) is 6.11. The first-order chi connectivity index (χ1) is 10.2. The Morgan fingerprint density at radius 1 is 1.48 bits per heavy atom. The lowest BCUT2D eigenvalue weighted by atomic mass is 9.99. The van der Waals surface area contributed by atoms with Gasteiger partial charge in [0.15, 0.2) is 5.82 Å². The van der Waals surface area contributed by atoms with Crippen LogP contribution >= 0.6 is 0 Å². The first-order valence-electron chi connectivity index (χ1n) is 7.52. The average Bonchev–Trinajstić information content (AvgIpc) is 3.16. The van der Waals surface area contributed by atoms with Crippen LogP contribution in [0.3, 0.4) is 0 Å². The molecule has 0 radical (unpaired) electrons. The first-order valence-corrected chi connectivity index (χ1v) is 7.52. The number of imidazole rings is 2. The number of hydrogen-bond donors (Lipinski definition) is 1. The molecule has 112 valence electrons. The summed E-state index contributed by atoms with van der Waals surface area (Å²) in [6.45, 7) is 3.63. The number of amides is 1. The Morgan fingerprint density at radius 2 is 2.38 bits per heavy atom. The molecule has 1 atom stereocenters. The predicted molar refractivity (Wildman–Crippen MR) is 78.8 cm³/mol. The van der Waals surface area contributed by atoms with Gasteiger partial charge in [-0.05, 0) is 32.6 Å². The fraction of sp³-hybridized carbons (Fsp3) is 0.533. The van der Waals surface area contributed by atoms with Crippen LogP contribution in [-0.2, 0) is 6.54 Å². The highest BCUT2D eigenvalue weighted by Gasteiger charge is 2.28. The van der Waals surface area contributed by atoms with Crippen LogP contribution in [0.4, 0.5) is 0 Å². The molecule has 2 aromatic heterocycles. The van der Waals surface area contributed by atoms with E-state index in [1.54, 1.807) is 12.4 Å². The maximum atomic E-state index is 12.6.